The second-order valence-corrected chi connectivity index (χ2v) is 4.12. The van der Waals surface area contributed by atoms with E-state index in [4.69, 9.17) is 9.15 Å². The lowest BCUT2D eigenvalue weighted by molar-refractivity contribution is 0.0549. The summed E-state index contributed by atoms with van der Waals surface area (Å²) >= 11 is 0. The third-order valence-electron chi connectivity index (χ3n) is 2.82. The van der Waals surface area contributed by atoms with Crippen molar-refractivity contribution < 1.29 is 9.15 Å². The fraction of sp³-hybridized carbons (Fsp3) is 0.667. The van der Waals surface area contributed by atoms with Gasteiger partial charge < -0.3 is 14.5 Å². The minimum Gasteiger partial charge on any atom is -0.469 e. The Morgan fingerprint density at radius 3 is 3.20 bits per heavy atom. The Morgan fingerprint density at radius 2 is 2.47 bits per heavy atom. The fourth-order valence-corrected chi connectivity index (χ4v) is 1.94. The molecule has 15 heavy (non-hydrogen) atoms. The molecule has 1 unspecified atom stereocenters. The van der Waals surface area contributed by atoms with E-state index in [0.29, 0.717) is 5.92 Å². The highest BCUT2D eigenvalue weighted by molar-refractivity contribution is 4.98. The molecule has 0 radical (unpaired) electrons. The summed E-state index contributed by atoms with van der Waals surface area (Å²) < 4.78 is 10.7. The largest absolute Gasteiger partial charge is 0.469 e. The quantitative estimate of drug-likeness (QED) is 0.751. The highest BCUT2D eigenvalue weighted by Gasteiger charge is 2.12. The maximum absolute atomic E-state index is 5.43. The van der Waals surface area contributed by atoms with Gasteiger partial charge in [0.1, 0.15) is 5.76 Å². The van der Waals surface area contributed by atoms with E-state index in [1.54, 1.807) is 6.26 Å². The number of rotatable bonds is 5. The average Bonchev–Trinajstić information content (AvgIpc) is 2.79. The Balaban J connectivity index is 1.54. The van der Waals surface area contributed by atoms with Gasteiger partial charge in [0.25, 0.3) is 0 Å². The van der Waals surface area contributed by atoms with Gasteiger partial charge in [0, 0.05) is 26.1 Å². The van der Waals surface area contributed by atoms with Gasteiger partial charge in [-0.3, -0.25) is 0 Å². The summed E-state index contributed by atoms with van der Waals surface area (Å²) in [5, 5.41) is 3.45. The zero-order chi connectivity index (χ0) is 10.3. The highest BCUT2D eigenvalue weighted by Crippen LogP contribution is 2.12. The molecule has 1 aliphatic rings. The van der Waals surface area contributed by atoms with Crippen LogP contribution in [0.4, 0.5) is 0 Å². The Hall–Kier alpha value is -0.800. The molecule has 3 nitrogen and oxygen atoms in total. The molecule has 0 aromatic carbocycles. The predicted molar refractivity (Wildman–Crippen MR) is 58.8 cm³/mol. The number of ether oxygens (including phenoxy) is 1. The Kier molecular flexibility index (Phi) is 4.23. The lowest BCUT2D eigenvalue weighted by atomic mass is 10.0. The first kappa shape index (κ1) is 10.7. The molecule has 1 aromatic heterocycles. The van der Waals surface area contributed by atoms with E-state index in [1.807, 2.05) is 12.1 Å². The summed E-state index contributed by atoms with van der Waals surface area (Å²) in [7, 11) is 0. The van der Waals surface area contributed by atoms with Crippen LogP contribution in [0, 0.1) is 5.92 Å². The van der Waals surface area contributed by atoms with Gasteiger partial charge >= 0.3 is 0 Å². The molecule has 0 amide bonds. The molecule has 1 fully saturated rings. The molecule has 1 aromatic rings. The van der Waals surface area contributed by atoms with Gasteiger partial charge in [-0.05, 0) is 30.9 Å². The van der Waals surface area contributed by atoms with Crippen LogP contribution in [-0.4, -0.2) is 26.3 Å². The molecule has 0 aliphatic carbocycles. The van der Waals surface area contributed by atoms with Gasteiger partial charge in [-0.2, -0.15) is 0 Å². The van der Waals surface area contributed by atoms with Crippen molar-refractivity contribution in [3.8, 4) is 0 Å². The molecular weight excluding hydrogens is 190 g/mol. The topological polar surface area (TPSA) is 34.4 Å². The van der Waals surface area contributed by atoms with Crippen LogP contribution in [0.25, 0.3) is 0 Å². The first-order valence-electron chi connectivity index (χ1n) is 5.76. The molecule has 1 saturated heterocycles. The number of hydrogen-bond acceptors (Lipinski definition) is 3. The van der Waals surface area contributed by atoms with Crippen LogP contribution >= 0.6 is 0 Å². The first-order valence-corrected chi connectivity index (χ1v) is 5.76. The third-order valence-corrected chi connectivity index (χ3v) is 2.82. The normalized spacial score (nSPS) is 21.7. The van der Waals surface area contributed by atoms with Crippen LogP contribution in [0.1, 0.15) is 18.6 Å². The smallest absolute Gasteiger partial charge is 0.105 e. The molecule has 0 spiro atoms. The molecule has 0 bridgehead atoms. The van der Waals surface area contributed by atoms with Crippen molar-refractivity contribution in [2.45, 2.75) is 19.3 Å². The SMILES string of the molecule is c1coc(CCNCC2CCCOC2)c1. The summed E-state index contributed by atoms with van der Waals surface area (Å²) in [5.74, 6) is 1.76. The Morgan fingerprint density at radius 1 is 1.47 bits per heavy atom. The molecule has 84 valence electrons. The van der Waals surface area contributed by atoms with Crippen molar-refractivity contribution in [2.75, 3.05) is 26.3 Å². The van der Waals surface area contributed by atoms with E-state index in [0.717, 1.165) is 38.5 Å². The van der Waals surface area contributed by atoms with Crippen molar-refractivity contribution in [2.24, 2.45) is 5.92 Å². The zero-order valence-electron chi connectivity index (χ0n) is 9.08. The summed E-state index contributed by atoms with van der Waals surface area (Å²) in [5.41, 5.74) is 0. The standard InChI is InChI=1S/C12H19NO2/c1-3-11(10-14-7-1)9-13-6-5-12-4-2-8-15-12/h2,4,8,11,13H,1,3,5-7,9-10H2. The summed E-state index contributed by atoms with van der Waals surface area (Å²) in [4.78, 5) is 0. The highest BCUT2D eigenvalue weighted by atomic mass is 16.5. The van der Waals surface area contributed by atoms with Crippen molar-refractivity contribution in [1.82, 2.24) is 5.32 Å². The Bertz CT molecular complexity index is 253. The molecule has 0 saturated carbocycles. The van der Waals surface area contributed by atoms with Gasteiger partial charge in [-0.1, -0.05) is 0 Å². The van der Waals surface area contributed by atoms with E-state index >= 15 is 0 Å². The molecule has 1 aliphatic heterocycles. The van der Waals surface area contributed by atoms with Crippen LogP contribution in [0.15, 0.2) is 22.8 Å². The monoisotopic (exact) mass is 209 g/mol. The lowest BCUT2D eigenvalue weighted by Crippen LogP contribution is -2.30. The molecule has 2 heterocycles. The van der Waals surface area contributed by atoms with Gasteiger partial charge in [-0.25, -0.2) is 0 Å². The molecule has 2 rings (SSSR count). The first-order chi connectivity index (χ1) is 7.45. The van der Waals surface area contributed by atoms with E-state index in [-0.39, 0.29) is 0 Å². The van der Waals surface area contributed by atoms with E-state index in [2.05, 4.69) is 5.32 Å². The maximum Gasteiger partial charge on any atom is 0.105 e. The molecule has 1 N–H and O–H groups in total. The van der Waals surface area contributed by atoms with Gasteiger partial charge in [0.05, 0.1) is 12.9 Å². The average molecular weight is 209 g/mol. The van der Waals surface area contributed by atoms with E-state index < -0.39 is 0 Å². The zero-order valence-corrected chi connectivity index (χ0v) is 9.08. The molecular formula is C12H19NO2. The van der Waals surface area contributed by atoms with Crippen molar-refractivity contribution in [3.63, 3.8) is 0 Å². The fourth-order valence-electron chi connectivity index (χ4n) is 1.94. The van der Waals surface area contributed by atoms with Crippen molar-refractivity contribution >= 4 is 0 Å². The van der Waals surface area contributed by atoms with Crippen molar-refractivity contribution in [3.05, 3.63) is 24.2 Å². The van der Waals surface area contributed by atoms with Crippen LogP contribution in [0.3, 0.4) is 0 Å². The molecule has 3 heteroatoms. The third kappa shape index (κ3) is 3.68. The minimum absolute atomic E-state index is 0.704. The van der Waals surface area contributed by atoms with E-state index in [9.17, 15) is 0 Å². The second-order valence-electron chi connectivity index (χ2n) is 4.12. The predicted octanol–water partition coefficient (Wildman–Crippen LogP) is 1.84. The summed E-state index contributed by atoms with van der Waals surface area (Å²) in [6, 6.07) is 3.95. The summed E-state index contributed by atoms with van der Waals surface area (Å²) in [6.07, 6.45) is 5.21. The lowest BCUT2D eigenvalue weighted by Gasteiger charge is -2.22. The number of hydrogen-bond donors (Lipinski definition) is 1. The van der Waals surface area contributed by atoms with Crippen LogP contribution in [0.2, 0.25) is 0 Å². The number of furan rings is 1. The number of nitrogens with one attached hydrogen (secondary N) is 1. The molecule has 1 atom stereocenters. The van der Waals surface area contributed by atoms with Gasteiger partial charge in [-0.15, -0.1) is 0 Å². The van der Waals surface area contributed by atoms with Gasteiger partial charge in [0.15, 0.2) is 0 Å². The van der Waals surface area contributed by atoms with Crippen LogP contribution in [0.5, 0.6) is 0 Å². The second kappa shape index (κ2) is 5.93. The Labute approximate surface area is 90.8 Å². The maximum atomic E-state index is 5.43. The minimum atomic E-state index is 0.704. The van der Waals surface area contributed by atoms with Crippen LogP contribution in [-0.2, 0) is 11.2 Å². The summed E-state index contributed by atoms with van der Waals surface area (Å²) in [6.45, 7) is 3.93. The van der Waals surface area contributed by atoms with Crippen LogP contribution < -0.4 is 5.32 Å². The van der Waals surface area contributed by atoms with Crippen molar-refractivity contribution in [1.29, 1.82) is 0 Å². The van der Waals surface area contributed by atoms with E-state index in [1.165, 1.54) is 12.8 Å². The van der Waals surface area contributed by atoms with Gasteiger partial charge in [0.2, 0.25) is 0 Å².